The Morgan fingerprint density at radius 2 is 1.81 bits per heavy atom. The van der Waals surface area contributed by atoms with Crippen molar-refractivity contribution in [1.82, 2.24) is 4.90 Å². The average molecular weight is 404 g/mol. The zero-order chi connectivity index (χ0) is 15.6. The van der Waals surface area contributed by atoms with Gasteiger partial charge in [0.25, 0.3) is 0 Å². The van der Waals surface area contributed by atoms with Gasteiger partial charge in [-0.1, -0.05) is 69.0 Å². The van der Waals surface area contributed by atoms with Crippen LogP contribution >= 0.6 is 22.6 Å². The van der Waals surface area contributed by atoms with Gasteiger partial charge in [0.15, 0.2) is 0 Å². The third-order valence-electron chi connectivity index (χ3n) is 5.02. The number of hydrogen-bond donors (Lipinski definition) is 0. The Balaban J connectivity index is 2.25. The fourth-order valence-corrected chi connectivity index (χ4v) is 4.86. The summed E-state index contributed by atoms with van der Waals surface area (Å²) in [6.07, 6.45) is 9.51. The van der Waals surface area contributed by atoms with Gasteiger partial charge in [-0.15, -0.1) is 0 Å². The van der Waals surface area contributed by atoms with Gasteiger partial charge in [-0.05, 0) is 33.1 Å². The standard InChI is InChI=1S/C18H33IN2/c1-13(2)17-20-15-12-18(5,19)11-9-7-6-8-10-16(15)21(17)14(3)4/h13-16H,6-12H2,1-5H3. The summed E-state index contributed by atoms with van der Waals surface area (Å²) in [5, 5.41) is 0. The number of fused-ring (bicyclic) bond motifs is 1. The molecule has 1 aliphatic heterocycles. The Morgan fingerprint density at radius 3 is 2.43 bits per heavy atom. The molecule has 0 aromatic rings. The van der Waals surface area contributed by atoms with Crippen LogP contribution in [-0.2, 0) is 0 Å². The van der Waals surface area contributed by atoms with Crippen LogP contribution in [0.1, 0.15) is 79.6 Å². The van der Waals surface area contributed by atoms with Gasteiger partial charge in [-0.2, -0.15) is 0 Å². The number of alkyl halides is 1. The van der Waals surface area contributed by atoms with Crippen molar-refractivity contribution in [3.63, 3.8) is 0 Å². The summed E-state index contributed by atoms with van der Waals surface area (Å²) in [7, 11) is 0. The maximum absolute atomic E-state index is 5.22. The molecule has 0 spiro atoms. The molecule has 0 N–H and O–H groups in total. The molecule has 0 saturated heterocycles. The Kier molecular flexibility index (Phi) is 6.00. The van der Waals surface area contributed by atoms with Gasteiger partial charge < -0.3 is 4.90 Å². The Labute approximate surface area is 145 Å². The van der Waals surface area contributed by atoms with Crippen LogP contribution in [0.25, 0.3) is 0 Å². The zero-order valence-electron chi connectivity index (χ0n) is 14.5. The molecule has 0 aromatic heterocycles. The highest BCUT2D eigenvalue weighted by Gasteiger charge is 2.40. The highest BCUT2D eigenvalue weighted by Crippen LogP contribution is 2.38. The molecule has 1 aliphatic carbocycles. The van der Waals surface area contributed by atoms with E-state index in [1.807, 2.05) is 0 Å². The van der Waals surface area contributed by atoms with Gasteiger partial charge in [0.05, 0.1) is 12.1 Å². The zero-order valence-corrected chi connectivity index (χ0v) is 16.7. The van der Waals surface area contributed by atoms with Crippen LogP contribution in [-0.4, -0.2) is 32.3 Å². The normalized spacial score (nSPS) is 35.0. The van der Waals surface area contributed by atoms with Gasteiger partial charge in [0.2, 0.25) is 0 Å². The number of nitrogens with zero attached hydrogens (tertiary/aromatic N) is 2. The van der Waals surface area contributed by atoms with E-state index in [4.69, 9.17) is 4.99 Å². The second-order valence-corrected chi connectivity index (χ2v) is 10.5. The van der Waals surface area contributed by atoms with E-state index in [1.54, 1.807) is 0 Å². The molecule has 0 amide bonds. The lowest BCUT2D eigenvalue weighted by atomic mass is 9.88. The lowest BCUT2D eigenvalue weighted by molar-refractivity contribution is 0.220. The predicted octanol–water partition coefficient (Wildman–Crippen LogP) is 5.44. The minimum Gasteiger partial charge on any atom is -0.353 e. The summed E-state index contributed by atoms with van der Waals surface area (Å²) < 4.78 is 0.413. The van der Waals surface area contributed by atoms with Crippen molar-refractivity contribution >= 4 is 28.4 Å². The van der Waals surface area contributed by atoms with E-state index in [0.29, 0.717) is 27.5 Å². The minimum absolute atomic E-state index is 0.413. The SMILES string of the molecule is CC(C)C1=NC2CC(C)(I)CCCCCCC2N1C(C)C. The molecular formula is C18H33IN2. The molecule has 122 valence electrons. The Morgan fingerprint density at radius 1 is 1.14 bits per heavy atom. The maximum Gasteiger partial charge on any atom is 0.102 e. The summed E-state index contributed by atoms with van der Waals surface area (Å²) in [4.78, 5) is 7.88. The van der Waals surface area contributed by atoms with Gasteiger partial charge >= 0.3 is 0 Å². The topological polar surface area (TPSA) is 15.6 Å². The summed E-state index contributed by atoms with van der Waals surface area (Å²) in [5.41, 5.74) is 0. The van der Waals surface area contributed by atoms with E-state index in [0.717, 1.165) is 0 Å². The van der Waals surface area contributed by atoms with E-state index in [-0.39, 0.29) is 0 Å². The Bertz CT molecular complexity index is 373. The van der Waals surface area contributed by atoms with Crippen LogP contribution in [0.5, 0.6) is 0 Å². The molecule has 2 aliphatic rings. The first-order valence-electron chi connectivity index (χ1n) is 8.87. The number of hydrogen-bond acceptors (Lipinski definition) is 2. The van der Waals surface area contributed by atoms with E-state index in [2.05, 4.69) is 62.1 Å². The summed E-state index contributed by atoms with van der Waals surface area (Å²) in [6, 6.07) is 1.74. The molecule has 2 rings (SSSR count). The van der Waals surface area contributed by atoms with Gasteiger partial charge in [-0.25, -0.2) is 0 Å². The van der Waals surface area contributed by atoms with E-state index in [9.17, 15) is 0 Å². The molecular weight excluding hydrogens is 371 g/mol. The second kappa shape index (κ2) is 7.18. The molecule has 0 radical (unpaired) electrons. The van der Waals surface area contributed by atoms with Crippen molar-refractivity contribution in [3.8, 4) is 0 Å². The first kappa shape index (κ1) is 17.6. The van der Waals surface area contributed by atoms with Crippen LogP contribution in [0.4, 0.5) is 0 Å². The summed E-state index contributed by atoms with van der Waals surface area (Å²) in [6.45, 7) is 11.7. The number of amidine groups is 1. The van der Waals surface area contributed by atoms with Crippen LogP contribution < -0.4 is 0 Å². The molecule has 2 nitrogen and oxygen atoms in total. The molecule has 3 atom stereocenters. The fourth-order valence-electron chi connectivity index (χ4n) is 4.02. The monoisotopic (exact) mass is 404 g/mol. The quantitative estimate of drug-likeness (QED) is 0.442. The smallest absolute Gasteiger partial charge is 0.102 e. The first-order valence-corrected chi connectivity index (χ1v) is 9.94. The average Bonchev–Trinajstić information content (AvgIpc) is 2.72. The highest BCUT2D eigenvalue weighted by atomic mass is 127. The van der Waals surface area contributed by atoms with Crippen molar-refractivity contribution in [2.75, 3.05) is 0 Å². The van der Waals surface area contributed by atoms with Crippen LogP contribution in [0.3, 0.4) is 0 Å². The lowest BCUT2D eigenvalue weighted by Crippen LogP contribution is -2.46. The van der Waals surface area contributed by atoms with Gasteiger partial charge in [0.1, 0.15) is 5.84 Å². The predicted molar refractivity (Wildman–Crippen MR) is 102 cm³/mol. The van der Waals surface area contributed by atoms with E-state index >= 15 is 0 Å². The third-order valence-corrected chi connectivity index (χ3v) is 6.00. The molecule has 1 heterocycles. The van der Waals surface area contributed by atoms with Crippen LogP contribution in [0.15, 0.2) is 4.99 Å². The van der Waals surface area contributed by atoms with Crippen molar-refractivity contribution in [3.05, 3.63) is 0 Å². The molecule has 1 fully saturated rings. The number of aliphatic imine (C=N–C) groups is 1. The third kappa shape index (κ3) is 4.35. The fraction of sp³-hybridized carbons (Fsp3) is 0.944. The molecule has 0 aromatic carbocycles. The molecule has 1 saturated carbocycles. The Hall–Kier alpha value is 0.200. The molecule has 3 unspecified atom stereocenters. The number of halogens is 1. The van der Waals surface area contributed by atoms with Crippen molar-refractivity contribution in [2.24, 2.45) is 10.9 Å². The van der Waals surface area contributed by atoms with Crippen molar-refractivity contribution in [2.45, 2.75) is 101 Å². The first-order chi connectivity index (χ1) is 9.82. The van der Waals surface area contributed by atoms with Gasteiger partial charge in [0, 0.05) is 15.4 Å². The highest BCUT2D eigenvalue weighted by molar-refractivity contribution is 14.1. The summed E-state index contributed by atoms with van der Waals surface area (Å²) in [5.74, 6) is 1.91. The van der Waals surface area contributed by atoms with Crippen LogP contribution in [0.2, 0.25) is 0 Å². The second-order valence-electron chi connectivity index (χ2n) is 7.85. The molecule has 3 heteroatoms. The van der Waals surface area contributed by atoms with E-state index < -0.39 is 0 Å². The number of rotatable bonds is 2. The van der Waals surface area contributed by atoms with Crippen molar-refractivity contribution in [1.29, 1.82) is 0 Å². The lowest BCUT2D eigenvalue weighted by Gasteiger charge is -2.37. The largest absolute Gasteiger partial charge is 0.353 e. The molecule has 0 bridgehead atoms. The summed E-state index contributed by atoms with van der Waals surface area (Å²) >= 11 is 2.70. The molecule has 21 heavy (non-hydrogen) atoms. The van der Waals surface area contributed by atoms with Crippen LogP contribution in [0, 0.1) is 5.92 Å². The van der Waals surface area contributed by atoms with Crippen molar-refractivity contribution < 1.29 is 0 Å². The maximum atomic E-state index is 5.22. The minimum atomic E-state index is 0.413. The van der Waals surface area contributed by atoms with E-state index in [1.165, 1.54) is 50.8 Å². The van der Waals surface area contributed by atoms with Gasteiger partial charge in [-0.3, -0.25) is 4.99 Å².